The van der Waals surface area contributed by atoms with Gasteiger partial charge >= 0.3 is 0 Å². The fourth-order valence-electron chi connectivity index (χ4n) is 2.83. The van der Waals surface area contributed by atoms with Crippen LogP contribution in [0.4, 0.5) is 0 Å². The average molecular weight is 292 g/mol. The zero-order valence-electron chi connectivity index (χ0n) is 11.0. The van der Waals surface area contributed by atoms with Gasteiger partial charge in [0.05, 0.1) is 23.1 Å². The molecule has 0 radical (unpaired) electrons. The zero-order chi connectivity index (χ0) is 14.3. The van der Waals surface area contributed by atoms with E-state index in [1.807, 2.05) is 24.3 Å². The Morgan fingerprint density at radius 3 is 2.70 bits per heavy atom. The molecule has 1 atom stereocenters. The summed E-state index contributed by atoms with van der Waals surface area (Å²) in [4.78, 5) is 12.5. The lowest BCUT2D eigenvalue weighted by atomic mass is 10.1. The van der Waals surface area contributed by atoms with Gasteiger partial charge < -0.3 is 10.3 Å². The maximum absolute atomic E-state index is 12.5. The largest absolute Gasteiger partial charge is 0.326 e. The molecule has 1 aliphatic heterocycles. The minimum absolute atomic E-state index is 0.0327. The van der Waals surface area contributed by atoms with E-state index in [0.717, 1.165) is 10.9 Å². The fourth-order valence-corrected chi connectivity index (χ4v) is 4.53. The smallest absolute Gasteiger partial charge is 0.255 e. The normalized spacial score (nSPS) is 21.4. The molecule has 6 heteroatoms. The number of sulfone groups is 1. The lowest BCUT2D eigenvalue weighted by molar-refractivity contribution is 0.552. The molecule has 106 valence electrons. The van der Waals surface area contributed by atoms with Crippen molar-refractivity contribution in [3.8, 4) is 0 Å². The maximum Gasteiger partial charge on any atom is 0.255 e. The predicted octanol–water partition coefficient (Wildman–Crippen LogP) is 0.820. The molecular weight excluding hydrogens is 276 g/mol. The van der Waals surface area contributed by atoms with Crippen LogP contribution in [0.3, 0.4) is 0 Å². The Morgan fingerprint density at radius 2 is 2.05 bits per heavy atom. The Kier molecular flexibility index (Phi) is 3.14. The van der Waals surface area contributed by atoms with Gasteiger partial charge in [0.1, 0.15) is 0 Å². The van der Waals surface area contributed by atoms with Gasteiger partial charge in [0.2, 0.25) is 0 Å². The first-order chi connectivity index (χ1) is 9.52. The highest BCUT2D eigenvalue weighted by molar-refractivity contribution is 7.91. The molecule has 1 aromatic heterocycles. The molecule has 1 aromatic carbocycles. The van der Waals surface area contributed by atoms with Gasteiger partial charge in [-0.3, -0.25) is 4.79 Å². The van der Waals surface area contributed by atoms with Crippen molar-refractivity contribution in [1.82, 2.24) is 4.57 Å². The molecule has 2 N–H and O–H groups in total. The van der Waals surface area contributed by atoms with Gasteiger partial charge in [-0.05, 0) is 23.9 Å². The van der Waals surface area contributed by atoms with Crippen LogP contribution >= 0.6 is 0 Å². The summed E-state index contributed by atoms with van der Waals surface area (Å²) in [5.74, 6) is 0.177. The molecule has 0 saturated carbocycles. The van der Waals surface area contributed by atoms with Gasteiger partial charge in [0, 0.05) is 12.1 Å². The fraction of sp³-hybridized carbons (Fsp3) is 0.357. The van der Waals surface area contributed by atoms with Crippen LogP contribution in [0.25, 0.3) is 10.9 Å². The minimum atomic E-state index is -3.04. The Morgan fingerprint density at radius 1 is 1.30 bits per heavy atom. The molecule has 20 heavy (non-hydrogen) atoms. The van der Waals surface area contributed by atoms with E-state index in [1.165, 1.54) is 0 Å². The highest BCUT2D eigenvalue weighted by Crippen LogP contribution is 2.26. The summed E-state index contributed by atoms with van der Waals surface area (Å²) in [7, 11) is -3.04. The minimum Gasteiger partial charge on any atom is -0.326 e. The highest BCUT2D eigenvalue weighted by atomic mass is 32.2. The Labute approximate surface area is 116 Å². The van der Waals surface area contributed by atoms with E-state index in [2.05, 4.69) is 0 Å². The van der Waals surface area contributed by atoms with Crippen molar-refractivity contribution in [3.63, 3.8) is 0 Å². The molecule has 1 saturated heterocycles. The first-order valence-electron chi connectivity index (χ1n) is 6.55. The second-order valence-electron chi connectivity index (χ2n) is 5.16. The van der Waals surface area contributed by atoms with E-state index < -0.39 is 9.84 Å². The van der Waals surface area contributed by atoms with Crippen molar-refractivity contribution in [2.75, 3.05) is 11.5 Å². The molecule has 0 bridgehead atoms. The second kappa shape index (κ2) is 4.71. The van der Waals surface area contributed by atoms with Crippen molar-refractivity contribution in [3.05, 3.63) is 46.2 Å². The molecule has 2 aromatic rings. The van der Waals surface area contributed by atoms with Crippen molar-refractivity contribution in [1.29, 1.82) is 0 Å². The van der Waals surface area contributed by atoms with E-state index in [4.69, 9.17) is 5.73 Å². The number of nitrogens with zero attached hydrogens (tertiary/aromatic N) is 1. The third kappa shape index (κ3) is 2.14. The quantitative estimate of drug-likeness (QED) is 0.888. The Hall–Kier alpha value is -1.66. The summed E-state index contributed by atoms with van der Waals surface area (Å²) in [6, 6.07) is 9.00. The molecule has 3 rings (SSSR count). The van der Waals surface area contributed by atoms with Crippen LogP contribution in [0.5, 0.6) is 0 Å². The van der Waals surface area contributed by atoms with Crippen LogP contribution in [0, 0.1) is 0 Å². The lowest BCUT2D eigenvalue weighted by Gasteiger charge is -2.17. The molecule has 1 unspecified atom stereocenters. The van der Waals surface area contributed by atoms with Crippen molar-refractivity contribution >= 4 is 20.7 Å². The van der Waals surface area contributed by atoms with Crippen molar-refractivity contribution < 1.29 is 8.42 Å². The van der Waals surface area contributed by atoms with E-state index in [9.17, 15) is 13.2 Å². The molecule has 0 amide bonds. The number of hydrogen-bond acceptors (Lipinski definition) is 4. The summed E-state index contributed by atoms with van der Waals surface area (Å²) in [5, 5.41) is 0.914. The summed E-state index contributed by atoms with van der Waals surface area (Å²) in [5.41, 5.74) is 6.75. The molecule has 5 nitrogen and oxygen atoms in total. The Bertz CT molecular complexity index is 824. The standard InChI is InChI=1S/C14H16N2O3S/c15-8-11-7-10-3-1-2-4-13(10)16(14(11)17)12-5-6-20(18,19)9-12/h1-4,7,12H,5-6,8-9,15H2. The van der Waals surface area contributed by atoms with Crippen molar-refractivity contribution in [2.24, 2.45) is 5.73 Å². The number of benzene rings is 1. The number of hydrogen-bond donors (Lipinski definition) is 1. The van der Waals surface area contributed by atoms with Gasteiger partial charge in [0.25, 0.3) is 5.56 Å². The average Bonchev–Trinajstić information content (AvgIpc) is 2.78. The number of pyridine rings is 1. The zero-order valence-corrected chi connectivity index (χ0v) is 11.8. The summed E-state index contributed by atoms with van der Waals surface area (Å²) < 4.78 is 25.0. The van der Waals surface area contributed by atoms with Crippen LogP contribution in [0.1, 0.15) is 18.0 Å². The summed E-state index contributed by atoms with van der Waals surface area (Å²) in [6.45, 7) is 0.156. The molecule has 0 aliphatic carbocycles. The second-order valence-corrected chi connectivity index (χ2v) is 7.39. The van der Waals surface area contributed by atoms with Crippen LogP contribution in [0.15, 0.2) is 35.1 Å². The summed E-state index contributed by atoms with van der Waals surface area (Å²) >= 11 is 0. The van der Waals surface area contributed by atoms with E-state index >= 15 is 0 Å². The van der Waals surface area contributed by atoms with Crippen LogP contribution in [-0.4, -0.2) is 24.5 Å². The van der Waals surface area contributed by atoms with Gasteiger partial charge in [-0.15, -0.1) is 0 Å². The predicted molar refractivity (Wildman–Crippen MR) is 78.4 cm³/mol. The number of rotatable bonds is 2. The molecule has 2 heterocycles. The maximum atomic E-state index is 12.5. The van der Waals surface area contributed by atoms with E-state index in [0.29, 0.717) is 12.0 Å². The molecule has 1 fully saturated rings. The van der Waals surface area contributed by atoms with E-state index in [1.54, 1.807) is 10.6 Å². The molecule has 0 spiro atoms. The van der Waals surface area contributed by atoms with Gasteiger partial charge in [-0.1, -0.05) is 18.2 Å². The monoisotopic (exact) mass is 292 g/mol. The first-order valence-corrected chi connectivity index (χ1v) is 8.37. The molecular formula is C14H16N2O3S. The number of para-hydroxylation sites is 1. The van der Waals surface area contributed by atoms with Crippen LogP contribution in [0.2, 0.25) is 0 Å². The number of fused-ring (bicyclic) bond motifs is 1. The van der Waals surface area contributed by atoms with Gasteiger partial charge in [-0.2, -0.15) is 0 Å². The lowest BCUT2D eigenvalue weighted by Crippen LogP contribution is -2.29. The van der Waals surface area contributed by atoms with E-state index in [-0.39, 0.29) is 29.7 Å². The number of aromatic nitrogens is 1. The SMILES string of the molecule is NCc1cc2ccccc2n(C2CCS(=O)(=O)C2)c1=O. The summed E-state index contributed by atoms with van der Waals surface area (Å²) in [6.07, 6.45) is 0.486. The van der Waals surface area contributed by atoms with Crippen molar-refractivity contribution in [2.45, 2.75) is 19.0 Å². The van der Waals surface area contributed by atoms with Crippen LogP contribution < -0.4 is 11.3 Å². The van der Waals surface area contributed by atoms with Crippen LogP contribution in [-0.2, 0) is 16.4 Å². The third-order valence-electron chi connectivity index (χ3n) is 3.81. The third-order valence-corrected chi connectivity index (χ3v) is 5.56. The number of nitrogens with two attached hydrogens (primary N) is 1. The topological polar surface area (TPSA) is 82.2 Å². The Balaban J connectivity index is 2.28. The van der Waals surface area contributed by atoms with Gasteiger partial charge in [0.15, 0.2) is 9.84 Å². The molecule has 1 aliphatic rings. The first kappa shape index (κ1) is 13.3. The van der Waals surface area contributed by atoms with Gasteiger partial charge in [-0.25, -0.2) is 8.42 Å². The highest BCUT2D eigenvalue weighted by Gasteiger charge is 2.30.